The molecule has 0 saturated heterocycles. The lowest BCUT2D eigenvalue weighted by Gasteiger charge is -2.23. The molecule has 35 heavy (non-hydrogen) atoms. The van der Waals surface area contributed by atoms with Gasteiger partial charge in [0.05, 0.1) is 12.8 Å². The van der Waals surface area contributed by atoms with Gasteiger partial charge < -0.3 is 14.6 Å². The van der Waals surface area contributed by atoms with Crippen molar-refractivity contribution in [3.05, 3.63) is 76.9 Å². The minimum absolute atomic E-state index is 0.0230. The van der Waals surface area contributed by atoms with Crippen LogP contribution < -0.4 is 9.64 Å². The molecule has 1 amide bonds. The molecule has 0 bridgehead atoms. The number of rotatable bonds is 13. The summed E-state index contributed by atoms with van der Waals surface area (Å²) in [6.45, 7) is 8.48. The second-order valence-corrected chi connectivity index (χ2v) is 9.13. The van der Waals surface area contributed by atoms with Gasteiger partial charge in [-0.15, -0.1) is 0 Å². The van der Waals surface area contributed by atoms with Gasteiger partial charge >= 0.3 is 6.09 Å². The Morgan fingerprint density at radius 1 is 1.06 bits per heavy atom. The fourth-order valence-corrected chi connectivity index (χ4v) is 3.80. The lowest BCUT2D eigenvalue weighted by molar-refractivity contribution is 0.170. The van der Waals surface area contributed by atoms with E-state index in [0.29, 0.717) is 17.9 Å². The average molecular weight is 480 g/mol. The first-order valence-electron chi connectivity index (χ1n) is 12.5. The Hall–Kier alpha value is -3.21. The fourth-order valence-electron chi connectivity index (χ4n) is 3.80. The number of carbonyl (C=O) groups excluding carboxylic acids is 1. The van der Waals surface area contributed by atoms with Crippen molar-refractivity contribution in [2.24, 2.45) is 0 Å². The summed E-state index contributed by atoms with van der Waals surface area (Å²) >= 11 is 0. The van der Waals surface area contributed by atoms with Crippen LogP contribution in [0, 0.1) is 0 Å². The molecule has 190 valence electrons. The summed E-state index contributed by atoms with van der Waals surface area (Å²) < 4.78 is 11.2. The number of hydrogen-bond acceptors (Lipinski definition) is 4. The predicted octanol–water partition coefficient (Wildman–Crippen LogP) is 7.97. The van der Waals surface area contributed by atoms with E-state index < -0.39 is 6.09 Å². The largest absolute Gasteiger partial charge is 0.508 e. The van der Waals surface area contributed by atoms with E-state index in [2.05, 4.69) is 39.8 Å². The van der Waals surface area contributed by atoms with Crippen molar-refractivity contribution >= 4 is 11.8 Å². The number of para-hydroxylation sites is 1. The van der Waals surface area contributed by atoms with E-state index in [0.717, 1.165) is 49.7 Å². The first-order chi connectivity index (χ1) is 16.8. The third-order valence-corrected chi connectivity index (χ3v) is 5.87. The van der Waals surface area contributed by atoms with Gasteiger partial charge in [-0.3, -0.25) is 0 Å². The van der Waals surface area contributed by atoms with Crippen molar-refractivity contribution in [1.82, 2.24) is 0 Å². The summed E-state index contributed by atoms with van der Waals surface area (Å²) in [5.41, 5.74) is 5.02. The molecule has 0 aliphatic rings. The molecule has 0 atom stereocenters. The third kappa shape index (κ3) is 9.51. The number of unbranched alkanes of at least 4 members (excludes halogenated alkanes) is 2. The number of phenols is 1. The van der Waals surface area contributed by atoms with Crippen LogP contribution in [-0.4, -0.2) is 25.0 Å². The minimum Gasteiger partial charge on any atom is -0.508 e. The molecular weight excluding hydrogens is 438 g/mol. The molecule has 0 aliphatic carbocycles. The van der Waals surface area contributed by atoms with Gasteiger partial charge in [0.2, 0.25) is 0 Å². The van der Waals surface area contributed by atoms with E-state index in [9.17, 15) is 9.90 Å². The van der Waals surface area contributed by atoms with Gasteiger partial charge in [-0.1, -0.05) is 61.3 Å². The maximum Gasteiger partial charge on any atom is 0.416 e. The fraction of sp³-hybridized carbons (Fsp3) is 0.433. The number of phenolic OH excluding ortho intramolecular Hbond substituents is 1. The molecular formula is C30H41NO4. The highest BCUT2D eigenvalue weighted by Crippen LogP contribution is 2.32. The third-order valence-electron chi connectivity index (χ3n) is 5.87. The van der Waals surface area contributed by atoms with E-state index in [4.69, 9.17) is 9.47 Å². The minimum atomic E-state index is -0.504. The summed E-state index contributed by atoms with van der Waals surface area (Å²) in [6.07, 6.45) is 10.6. The highest BCUT2D eigenvalue weighted by molar-refractivity contribution is 5.87. The molecule has 0 saturated carbocycles. The van der Waals surface area contributed by atoms with Crippen LogP contribution in [0.5, 0.6) is 11.5 Å². The second kappa shape index (κ2) is 14.9. The van der Waals surface area contributed by atoms with Gasteiger partial charge in [0.15, 0.2) is 6.73 Å². The second-order valence-electron chi connectivity index (χ2n) is 9.13. The zero-order valence-corrected chi connectivity index (χ0v) is 22.0. The molecule has 5 heteroatoms. The van der Waals surface area contributed by atoms with Gasteiger partial charge in [-0.2, -0.15) is 0 Å². The molecule has 2 aromatic rings. The van der Waals surface area contributed by atoms with E-state index in [1.165, 1.54) is 23.2 Å². The maximum absolute atomic E-state index is 12.5. The number of amides is 1. The molecule has 0 aliphatic heterocycles. The van der Waals surface area contributed by atoms with E-state index in [1.807, 2.05) is 42.5 Å². The lowest BCUT2D eigenvalue weighted by Crippen LogP contribution is -2.34. The van der Waals surface area contributed by atoms with Gasteiger partial charge in [0.25, 0.3) is 0 Å². The molecule has 0 fully saturated rings. The van der Waals surface area contributed by atoms with Crippen LogP contribution in [0.2, 0.25) is 0 Å². The van der Waals surface area contributed by atoms with Crippen LogP contribution in [-0.2, 0) is 17.6 Å². The smallest absolute Gasteiger partial charge is 0.416 e. The lowest BCUT2D eigenvalue weighted by atomic mass is 10.00. The van der Waals surface area contributed by atoms with Crippen LogP contribution in [0.4, 0.5) is 10.5 Å². The van der Waals surface area contributed by atoms with Gasteiger partial charge in [0, 0.05) is 5.56 Å². The quantitative estimate of drug-likeness (QED) is 0.180. The number of nitrogens with zero attached hydrogens (tertiary/aromatic N) is 1. The number of aryl methyl sites for hydroxylation is 1. The molecule has 0 heterocycles. The number of benzene rings is 2. The van der Waals surface area contributed by atoms with Crippen molar-refractivity contribution in [2.45, 2.75) is 72.6 Å². The molecule has 2 aromatic carbocycles. The molecule has 0 radical (unpaired) electrons. The van der Waals surface area contributed by atoms with Crippen LogP contribution in [0.25, 0.3) is 0 Å². The van der Waals surface area contributed by atoms with E-state index in [-0.39, 0.29) is 12.5 Å². The van der Waals surface area contributed by atoms with Crippen molar-refractivity contribution < 1.29 is 19.4 Å². The SMILES string of the molecule is CCCCCc1cc(O)c(CC=C(C)CCC=C(C)C)c(OCN(C(=O)OC)c2ccccc2)c1. The summed E-state index contributed by atoms with van der Waals surface area (Å²) in [7, 11) is 1.35. The first-order valence-corrected chi connectivity index (χ1v) is 12.5. The molecule has 0 unspecified atom stereocenters. The highest BCUT2D eigenvalue weighted by Gasteiger charge is 2.19. The Bertz CT molecular complexity index is 991. The molecule has 5 nitrogen and oxygen atoms in total. The standard InChI is InChI=1S/C30H41NO4/c1-6-7-9-15-25-20-28(32)27(19-18-24(4)14-12-13-23(2)3)29(21-25)35-22-31(30(33)34-5)26-16-10-8-11-17-26/h8,10-11,13,16-18,20-21,32H,6-7,9,12,14-15,19,22H2,1-5H3. The maximum atomic E-state index is 12.5. The topological polar surface area (TPSA) is 59.0 Å². The number of aromatic hydroxyl groups is 1. The normalized spacial score (nSPS) is 11.2. The number of allylic oxidation sites excluding steroid dienone is 4. The van der Waals surface area contributed by atoms with Crippen LogP contribution >= 0.6 is 0 Å². The van der Waals surface area contributed by atoms with Crippen LogP contribution in [0.15, 0.2) is 65.8 Å². The number of anilines is 1. The molecule has 0 aromatic heterocycles. The first kappa shape index (κ1) is 28.0. The predicted molar refractivity (Wildman–Crippen MR) is 144 cm³/mol. The summed E-state index contributed by atoms with van der Waals surface area (Å²) in [4.78, 5) is 13.9. The van der Waals surface area contributed by atoms with E-state index in [1.54, 1.807) is 0 Å². The summed E-state index contributed by atoms with van der Waals surface area (Å²) in [5.74, 6) is 0.821. The Balaban J connectivity index is 2.28. The van der Waals surface area contributed by atoms with E-state index >= 15 is 0 Å². The van der Waals surface area contributed by atoms with Crippen molar-refractivity contribution in [3.63, 3.8) is 0 Å². The number of carbonyl (C=O) groups is 1. The Labute approximate surface area is 211 Å². The zero-order valence-electron chi connectivity index (χ0n) is 22.0. The Kier molecular flexibility index (Phi) is 12.0. The molecule has 0 spiro atoms. The zero-order chi connectivity index (χ0) is 25.6. The number of ether oxygens (including phenoxy) is 2. The van der Waals surface area contributed by atoms with Crippen molar-refractivity contribution in [2.75, 3.05) is 18.7 Å². The molecule has 1 N–H and O–H groups in total. The van der Waals surface area contributed by atoms with Gasteiger partial charge in [0.1, 0.15) is 11.5 Å². The average Bonchev–Trinajstić information content (AvgIpc) is 2.84. The van der Waals surface area contributed by atoms with Crippen LogP contribution in [0.1, 0.15) is 70.9 Å². The number of hydrogen-bond donors (Lipinski definition) is 1. The van der Waals surface area contributed by atoms with Crippen molar-refractivity contribution in [1.29, 1.82) is 0 Å². The van der Waals surface area contributed by atoms with Crippen molar-refractivity contribution in [3.8, 4) is 11.5 Å². The summed E-state index contributed by atoms with van der Waals surface area (Å²) in [5, 5.41) is 10.9. The Morgan fingerprint density at radius 2 is 1.80 bits per heavy atom. The van der Waals surface area contributed by atoms with Crippen LogP contribution in [0.3, 0.4) is 0 Å². The van der Waals surface area contributed by atoms with Gasteiger partial charge in [-0.05, 0) is 82.7 Å². The Morgan fingerprint density at radius 3 is 2.46 bits per heavy atom. The van der Waals surface area contributed by atoms with Gasteiger partial charge in [-0.25, -0.2) is 9.69 Å². The number of methoxy groups -OCH3 is 1. The monoisotopic (exact) mass is 479 g/mol. The highest BCUT2D eigenvalue weighted by atomic mass is 16.6. The molecule has 2 rings (SSSR count). The summed E-state index contributed by atoms with van der Waals surface area (Å²) in [6, 6.07) is 13.1.